The highest BCUT2D eigenvalue weighted by molar-refractivity contribution is 5.88. The molecule has 0 saturated carbocycles. The number of anilines is 1. The van der Waals surface area contributed by atoms with Crippen molar-refractivity contribution >= 4 is 22.9 Å². The summed E-state index contributed by atoms with van der Waals surface area (Å²) in [7, 11) is 0. The largest absolute Gasteiger partial charge is 0.358 e. The molecular formula is C28H25FN2O. The lowest BCUT2D eigenvalue weighted by Gasteiger charge is -2.39. The van der Waals surface area contributed by atoms with E-state index in [4.69, 9.17) is 0 Å². The van der Waals surface area contributed by atoms with Crippen LogP contribution in [0.1, 0.15) is 28.4 Å². The predicted octanol–water partition coefficient (Wildman–Crippen LogP) is 6.00. The quantitative estimate of drug-likeness (QED) is 0.290. The van der Waals surface area contributed by atoms with Crippen molar-refractivity contribution in [1.29, 1.82) is 0 Å². The molecule has 2 heterocycles. The number of hydrogen-bond donors (Lipinski definition) is 0. The average Bonchev–Trinajstić information content (AvgIpc) is 3.13. The molecule has 1 aliphatic rings. The van der Waals surface area contributed by atoms with Gasteiger partial charge in [-0.3, -0.25) is 4.79 Å². The highest BCUT2D eigenvalue weighted by Crippen LogP contribution is 2.42. The third-order valence-corrected chi connectivity index (χ3v) is 6.42. The molecule has 0 N–H and O–H groups in total. The Labute approximate surface area is 187 Å². The zero-order chi connectivity index (χ0) is 22.2. The molecule has 1 atom stereocenters. The number of para-hydroxylation sites is 1. The molecule has 0 bridgehead atoms. The Hall–Kier alpha value is -3.66. The molecule has 160 valence electrons. The molecule has 3 nitrogen and oxygen atoms in total. The van der Waals surface area contributed by atoms with Crippen molar-refractivity contribution in [2.75, 3.05) is 11.4 Å². The summed E-state index contributed by atoms with van der Waals surface area (Å²) < 4.78 is 15.9. The third kappa shape index (κ3) is 3.42. The van der Waals surface area contributed by atoms with E-state index in [0.717, 1.165) is 36.1 Å². The molecule has 0 fully saturated rings. The number of rotatable bonds is 5. The van der Waals surface area contributed by atoms with Gasteiger partial charge in [0.1, 0.15) is 12.1 Å². The van der Waals surface area contributed by atoms with Gasteiger partial charge >= 0.3 is 0 Å². The number of benzene rings is 3. The summed E-state index contributed by atoms with van der Waals surface area (Å²) in [5.41, 5.74) is 7.33. The lowest BCUT2D eigenvalue weighted by atomic mass is 9.92. The number of aromatic nitrogens is 1. The first-order valence-corrected chi connectivity index (χ1v) is 10.9. The summed E-state index contributed by atoms with van der Waals surface area (Å²) in [5, 5.41) is 1.22. The van der Waals surface area contributed by atoms with E-state index in [1.54, 1.807) is 12.1 Å². The Morgan fingerprint density at radius 2 is 1.78 bits per heavy atom. The monoisotopic (exact) mass is 424 g/mol. The molecule has 0 saturated heterocycles. The lowest BCUT2D eigenvalue weighted by molar-refractivity contribution is -0.105. The van der Waals surface area contributed by atoms with E-state index in [9.17, 15) is 9.18 Å². The molecule has 0 spiro atoms. The third-order valence-electron chi connectivity index (χ3n) is 6.42. The number of halogens is 1. The second-order valence-corrected chi connectivity index (χ2v) is 8.47. The van der Waals surface area contributed by atoms with Crippen molar-refractivity contribution in [1.82, 2.24) is 4.57 Å². The molecule has 0 unspecified atom stereocenters. The van der Waals surface area contributed by atoms with Crippen molar-refractivity contribution in [3.8, 4) is 0 Å². The van der Waals surface area contributed by atoms with Crippen LogP contribution in [-0.4, -0.2) is 17.4 Å². The summed E-state index contributed by atoms with van der Waals surface area (Å²) in [6, 6.07) is 23.2. The van der Waals surface area contributed by atoms with Crippen LogP contribution >= 0.6 is 0 Å². The first-order valence-electron chi connectivity index (χ1n) is 10.9. The van der Waals surface area contributed by atoms with Gasteiger partial charge in [-0.25, -0.2) is 4.39 Å². The molecule has 5 rings (SSSR count). The van der Waals surface area contributed by atoms with Gasteiger partial charge in [0, 0.05) is 40.9 Å². The summed E-state index contributed by atoms with van der Waals surface area (Å²) in [4.78, 5) is 14.1. The highest BCUT2D eigenvalue weighted by Gasteiger charge is 2.34. The number of carbonyl (C=O) groups is 1. The molecule has 3 aromatic carbocycles. The van der Waals surface area contributed by atoms with Gasteiger partial charge in [-0.1, -0.05) is 54.6 Å². The van der Waals surface area contributed by atoms with Gasteiger partial charge in [0.05, 0.1) is 6.04 Å². The van der Waals surface area contributed by atoms with Gasteiger partial charge in [-0.15, -0.1) is 0 Å². The fraction of sp³-hybridized carbons (Fsp3) is 0.179. The lowest BCUT2D eigenvalue weighted by Crippen LogP contribution is -2.38. The molecule has 1 aromatic heterocycles. The maximum Gasteiger partial charge on any atom is 0.147 e. The van der Waals surface area contributed by atoms with E-state index in [1.165, 1.54) is 34.2 Å². The van der Waals surface area contributed by atoms with Crippen LogP contribution in [0.5, 0.6) is 0 Å². The minimum atomic E-state index is -0.306. The van der Waals surface area contributed by atoms with Gasteiger partial charge in [-0.2, -0.15) is 0 Å². The Balaban J connectivity index is 1.71. The van der Waals surface area contributed by atoms with Crippen molar-refractivity contribution in [3.63, 3.8) is 0 Å². The first-order chi connectivity index (χ1) is 15.6. The fourth-order valence-electron chi connectivity index (χ4n) is 4.88. The van der Waals surface area contributed by atoms with E-state index in [1.807, 2.05) is 0 Å². The molecular weight excluding hydrogens is 399 g/mol. The Bertz CT molecular complexity index is 1300. The Kier molecular flexibility index (Phi) is 5.14. The van der Waals surface area contributed by atoms with Gasteiger partial charge in [0.2, 0.25) is 0 Å². The van der Waals surface area contributed by atoms with Gasteiger partial charge in [0.25, 0.3) is 0 Å². The second kappa shape index (κ2) is 8.12. The maximum atomic E-state index is 13.6. The van der Waals surface area contributed by atoms with Crippen molar-refractivity contribution in [3.05, 3.63) is 113 Å². The summed E-state index contributed by atoms with van der Waals surface area (Å²) in [6.07, 6.45) is 1.70. The minimum absolute atomic E-state index is 0.273. The Morgan fingerprint density at radius 3 is 2.50 bits per heavy atom. The highest BCUT2D eigenvalue weighted by atomic mass is 19.1. The predicted molar refractivity (Wildman–Crippen MR) is 128 cm³/mol. The van der Waals surface area contributed by atoms with Crippen LogP contribution in [0.15, 0.2) is 84.9 Å². The number of nitrogens with zero attached hydrogens (tertiary/aromatic N) is 2. The summed E-state index contributed by atoms with van der Waals surface area (Å²) >= 11 is 0. The second-order valence-electron chi connectivity index (χ2n) is 8.47. The number of aldehydes is 1. The number of fused-ring (bicyclic) bond motifs is 3. The van der Waals surface area contributed by atoms with Crippen LogP contribution in [-0.2, 0) is 17.8 Å². The van der Waals surface area contributed by atoms with Crippen LogP contribution in [0.25, 0.3) is 10.9 Å². The molecule has 32 heavy (non-hydrogen) atoms. The van der Waals surface area contributed by atoms with E-state index >= 15 is 0 Å². The van der Waals surface area contributed by atoms with Gasteiger partial charge in [0.15, 0.2) is 0 Å². The Morgan fingerprint density at radius 1 is 1.06 bits per heavy atom. The molecule has 0 aliphatic carbocycles. The minimum Gasteiger partial charge on any atom is -0.358 e. The normalized spacial score (nSPS) is 15.6. The topological polar surface area (TPSA) is 25.2 Å². The maximum absolute atomic E-state index is 13.6. The molecule has 4 aromatic rings. The van der Waals surface area contributed by atoms with Crippen molar-refractivity contribution in [2.45, 2.75) is 25.9 Å². The fourth-order valence-corrected chi connectivity index (χ4v) is 4.88. The zero-order valence-corrected chi connectivity index (χ0v) is 18.1. The standard InChI is InChI=1S/C28H25FN2O/c1-19-7-9-21(10-8-19)17-31-26-6-4-3-5-24(26)25-15-16-30(23-13-11-22(29)12-14-23)27(28(25)31)20(2)18-32/h3-14,18,27H,2,15-17H2,1H3/t27-/m1/s1. The van der Waals surface area contributed by atoms with E-state index in [0.29, 0.717) is 12.1 Å². The SMILES string of the molecule is C=C(C=O)[C@@H]1c2c(c3ccccc3n2Cc2ccc(C)cc2)CCN1c1ccc(F)cc1. The van der Waals surface area contributed by atoms with Crippen LogP contribution < -0.4 is 4.90 Å². The molecule has 4 heteroatoms. The summed E-state index contributed by atoms with van der Waals surface area (Å²) in [6.45, 7) is 7.64. The molecule has 0 amide bonds. The average molecular weight is 425 g/mol. The summed E-state index contributed by atoms with van der Waals surface area (Å²) in [5.74, 6) is -0.273. The molecule has 1 aliphatic heterocycles. The molecule has 0 radical (unpaired) electrons. The number of hydrogen-bond acceptors (Lipinski definition) is 2. The van der Waals surface area contributed by atoms with Crippen LogP contribution in [0.4, 0.5) is 10.1 Å². The number of carbonyl (C=O) groups excluding carboxylic acids is 1. The van der Waals surface area contributed by atoms with E-state index < -0.39 is 0 Å². The van der Waals surface area contributed by atoms with E-state index in [-0.39, 0.29) is 11.9 Å². The van der Waals surface area contributed by atoms with Crippen molar-refractivity contribution in [2.24, 2.45) is 0 Å². The van der Waals surface area contributed by atoms with Gasteiger partial charge < -0.3 is 9.47 Å². The van der Waals surface area contributed by atoms with Crippen LogP contribution in [0.2, 0.25) is 0 Å². The van der Waals surface area contributed by atoms with Crippen LogP contribution in [0.3, 0.4) is 0 Å². The first kappa shape index (κ1) is 20.3. The number of aryl methyl sites for hydroxylation is 1. The zero-order valence-electron chi connectivity index (χ0n) is 18.1. The van der Waals surface area contributed by atoms with Crippen LogP contribution in [0, 0.1) is 12.7 Å². The van der Waals surface area contributed by atoms with E-state index in [2.05, 4.69) is 71.5 Å². The van der Waals surface area contributed by atoms with Crippen molar-refractivity contribution < 1.29 is 9.18 Å². The van der Waals surface area contributed by atoms with Gasteiger partial charge in [-0.05, 0) is 54.8 Å². The smallest absolute Gasteiger partial charge is 0.147 e.